The van der Waals surface area contributed by atoms with Gasteiger partial charge in [0.15, 0.2) is 0 Å². The smallest absolute Gasteiger partial charge is 0.253 e. The topological polar surface area (TPSA) is 61.4 Å². The van der Waals surface area contributed by atoms with Gasteiger partial charge in [-0.15, -0.1) is 0 Å². The molecule has 2 amide bonds. The fourth-order valence-corrected chi connectivity index (χ4v) is 3.65. The largest absolute Gasteiger partial charge is 0.371 e. The predicted molar refractivity (Wildman–Crippen MR) is 117 cm³/mol. The summed E-state index contributed by atoms with van der Waals surface area (Å²) >= 11 is 0. The van der Waals surface area contributed by atoms with Crippen LogP contribution in [0.1, 0.15) is 83.0 Å². The summed E-state index contributed by atoms with van der Waals surface area (Å²) in [7, 11) is 0. The van der Waals surface area contributed by atoms with E-state index in [1.807, 2.05) is 25.1 Å². The molecule has 0 saturated carbocycles. The van der Waals surface area contributed by atoms with Crippen LogP contribution in [-0.4, -0.2) is 30.9 Å². The minimum absolute atomic E-state index is 0.0237. The maximum absolute atomic E-state index is 12.9. The van der Waals surface area contributed by atoms with E-state index in [1.165, 1.54) is 0 Å². The lowest BCUT2D eigenvalue weighted by atomic mass is 9.98. The molecule has 0 bridgehead atoms. The zero-order chi connectivity index (χ0) is 20.5. The molecule has 1 fully saturated rings. The van der Waals surface area contributed by atoms with Crippen LogP contribution in [0.3, 0.4) is 0 Å². The minimum atomic E-state index is -0.0645. The average Bonchev–Trinajstić information content (AvgIpc) is 3.23. The molecule has 0 spiro atoms. The SMILES string of the molecule is CCCCC(CC)C(=O)Nc1ccc(N2CCCC2)c(C(=O)NC(C)CC)c1. The van der Waals surface area contributed by atoms with Gasteiger partial charge in [-0.3, -0.25) is 9.59 Å². The zero-order valence-electron chi connectivity index (χ0n) is 18.0. The van der Waals surface area contributed by atoms with Crippen LogP contribution in [0, 0.1) is 5.92 Å². The molecule has 1 saturated heterocycles. The molecule has 2 rings (SSSR count). The van der Waals surface area contributed by atoms with Crippen LogP contribution in [0.4, 0.5) is 11.4 Å². The number of nitrogens with zero attached hydrogens (tertiary/aromatic N) is 1. The van der Waals surface area contributed by atoms with Crippen molar-refractivity contribution in [3.05, 3.63) is 23.8 Å². The second-order valence-electron chi connectivity index (χ2n) is 7.95. The highest BCUT2D eigenvalue weighted by atomic mass is 16.2. The number of hydrogen-bond donors (Lipinski definition) is 2. The normalized spacial score (nSPS) is 15.9. The third-order valence-corrected chi connectivity index (χ3v) is 5.72. The lowest BCUT2D eigenvalue weighted by molar-refractivity contribution is -0.120. The summed E-state index contributed by atoms with van der Waals surface area (Å²) in [6.45, 7) is 10.2. The van der Waals surface area contributed by atoms with E-state index in [4.69, 9.17) is 0 Å². The highest BCUT2D eigenvalue weighted by Gasteiger charge is 2.22. The van der Waals surface area contributed by atoms with Crippen LogP contribution in [0.2, 0.25) is 0 Å². The Morgan fingerprint density at radius 3 is 2.43 bits per heavy atom. The van der Waals surface area contributed by atoms with Gasteiger partial charge in [0.1, 0.15) is 0 Å². The fraction of sp³-hybridized carbons (Fsp3) is 0.652. The predicted octanol–water partition coefficient (Wildman–Crippen LogP) is 4.97. The van der Waals surface area contributed by atoms with E-state index in [-0.39, 0.29) is 23.8 Å². The third kappa shape index (κ3) is 5.98. The van der Waals surface area contributed by atoms with Gasteiger partial charge >= 0.3 is 0 Å². The minimum Gasteiger partial charge on any atom is -0.371 e. The molecule has 5 heteroatoms. The summed E-state index contributed by atoms with van der Waals surface area (Å²) in [5.41, 5.74) is 2.33. The van der Waals surface area contributed by atoms with E-state index in [1.54, 1.807) is 0 Å². The van der Waals surface area contributed by atoms with E-state index in [0.717, 1.165) is 63.7 Å². The van der Waals surface area contributed by atoms with Gasteiger partial charge in [-0.1, -0.05) is 33.6 Å². The standard InChI is InChI=1S/C23H37N3O2/c1-5-8-11-18(7-3)22(27)25-19-12-13-21(26-14-9-10-15-26)20(16-19)23(28)24-17(4)6-2/h12-13,16-18H,5-11,14-15H2,1-4H3,(H,24,28)(H,25,27). The summed E-state index contributed by atoms with van der Waals surface area (Å²) < 4.78 is 0. The summed E-state index contributed by atoms with van der Waals surface area (Å²) in [4.78, 5) is 27.9. The molecule has 1 aliphatic heterocycles. The van der Waals surface area contributed by atoms with Gasteiger partial charge in [-0.25, -0.2) is 0 Å². The van der Waals surface area contributed by atoms with Gasteiger partial charge in [-0.05, 0) is 57.2 Å². The Morgan fingerprint density at radius 2 is 1.82 bits per heavy atom. The van der Waals surface area contributed by atoms with Crippen LogP contribution >= 0.6 is 0 Å². The summed E-state index contributed by atoms with van der Waals surface area (Å²) in [6, 6.07) is 5.88. The van der Waals surface area contributed by atoms with Gasteiger partial charge < -0.3 is 15.5 Å². The molecule has 0 radical (unpaired) electrons. The first-order valence-electron chi connectivity index (χ1n) is 11.0. The molecule has 5 nitrogen and oxygen atoms in total. The number of benzene rings is 1. The van der Waals surface area contributed by atoms with Crippen molar-refractivity contribution in [3.8, 4) is 0 Å². The van der Waals surface area contributed by atoms with E-state index in [0.29, 0.717) is 11.3 Å². The van der Waals surface area contributed by atoms with Gasteiger partial charge in [0.05, 0.1) is 5.56 Å². The number of amides is 2. The Hall–Kier alpha value is -2.04. The van der Waals surface area contributed by atoms with Gasteiger partial charge in [0.2, 0.25) is 5.91 Å². The molecule has 1 aromatic carbocycles. The van der Waals surface area contributed by atoms with Crippen molar-refractivity contribution in [2.75, 3.05) is 23.3 Å². The van der Waals surface area contributed by atoms with Crippen LogP contribution in [0.15, 0.2) is 18.2 Å². The Morgan fingerprint density at radius 1 is 1.11 bits per heavy atom. The van der Waals surface area contributed by atoms with Crippen LogP contribution < -0.4 is 15.5 Å². The van der Waals surface area contributed by atoms with Crippen molar-refractivity contribution in [3.63, 3.8) is 0 Å². The van der Waals surface area contributed by atoms with Gasteiger partial charge in [-0.2, -0.15) is 0 Å². The monoisotopic (exact) mass is 387 g/mol. The molecular weight excluding hydrogens is 350 g/mol. The van der Waals surface area contributed by atoms with E-state index in [2.05, 4.69) is 36.3 Å². The zero-order valence-corrected chi connectivity index (χ0v) is 18.0. The molecule has 156 valence electrons. The summed E-state index contributed by atoms with van der Waals surface area (Å²) in [5.74, 6) is 0.0131. The Bertz CT molecular complexity index is 653. The molecule has 28 heavy (non-hydrogen) atoms. The van der Waals surface area contributed by atoms with E-state index in [9.17, 15) is 9.59 Å². The number of unbranched alkanes of at least 4 members (excludes halogenated alkanes) is 1. The van der Waals surface area contributed by atoms with Gasteiger partial charge in [0.25, 0.3) is 5.91 Å². The highest BCUT2D eigenvalue weighted by molar-refractivity contribution is 6.02. The maximum atomic E-state index is 12.9. The quantitative estimate of drug-likeness (QED) is 0.596. The van der Waals surface area contributed by atoms with Crippen molar-refractivity contribution in [2.24, 2.45) is 5.92 Å². The molecule has 2 unspecified atom stereocenters. The molecule has 1 aromatic rings. The lowest BCUT2D eigenvalue weighted by Crippen LogP contribution is -2.33. The van der Waals surface area contributed by atoms with Crippen molar-refractivity contribution < 1.29 is 9.59 Å². The number of hydrogen-bond acceptors (Lipinski definition) is 3. The summed E-state index contributed by atoms with van der Waals surface area (Å²) in [5, 5.41) is 6.12. The fourth-order valence-electron chi connectivity index (χ4n) is 3.65. The molecule has 0 aliphatic carbocycles. The molecular formula is C23H37N3O2. The molecule has 1 aliphatic rings. The molecule has 2 atom stereocenters. The number of carbonyl (C=O) groups excluding carboxylic acids is 2. The van der Waals surface area contributed by atoms with Crippen LogP contribution in [0.25, 0.3) is 0 Å². The Labute approximate surface area is 170 Å². The number of anilines is 2. The number of rotatable bonds is 10. The Kier molecular flexibility index (Phi) is 8.81. The van der Waals surface area contributed by atoms with Crippen LogP contribution in [0.5, 0.6) is 0 Å². The first kappa shape index (κ1) is 22.3. The maximum Gasteiger partial charge on any atom is 0.253 e. The summed E-state index contributed by atoms with van der Waals surface area (Å²) in [6.07, 6.45) is 7.08. The van der Waals surface area contributed by atoms with Crippen molar-refractivity contribution in [1.29, 1.82) is 0 Å². The third-order valence-electron chi connectivity index (χ3n) is 5.72. The Balaban J connectivity index is 2.22. The van der Waals surface area contributed by atoms with E-state index >= 15 is 0 Å². The second-order valence-corrected chi connectivity index (χ2v) is 7.95. The van der Waals surface area contributed by atoms with E-state index < -0.39 is 0 Å². The van der Waals surface area contributed by atoms with Crippen molar-refractivity contribution >= 4 is 23.2 Å². The highest BCUT2D eigenvalue weighted by Crippen LogP contribution is 2.28. The average molecular weight is 388 g/mol. The first-order chi connectivity index (χ1) is 13.5. The second kappa shape index (κ2) is 11.1. The van der Waals surface area contributed by atoms with Crippen LogP contribution in [-0.2, 0) is 4.79 Å². The molecule has 0 aromatic heterocycles. The molecule has 1 heterocycles. The number of carbonyl (C=O) groups is 2. The number of nitrogens with one attached hydrogen (secondary N) is 2. The van der Waals surface area contributed by atoms with Gasteiger partial charge in [0, 0.05) is 36.4 Å². The van der Waals surface area contributed by atoms with Crippen molar-refractivity contribution in [2.45, 2.75) is 78.7 Å². The molecule has 2 N–H and O–H groups in total. The first-order valence-corrected chi connectivity index (χ1v) is 11.0. The lowest BCUT2D eigenvalue weighted by Gasteiger charge is -2.23. The van der Waals surface area contributed by atoms with Crippen molar-refractivity contribution in [1.82, 2.24) is 5.32 Å².